The maximum absolute atomic E-state index is 13.0. The van der Waals surface area contributed by atoms with Gasteiger partial charge in [-0.15, -0.1) is 0 Å². The lowest BCUT2D eigenvalue weighted by Gasteiger charge is -2.18. The van der Waals surface area contributed by atoms with Crippen LogP contribution in [-0.2, 0) is 9.53 Å². The predicted octanol–water partition coefficient (Wildman–Crippen LogP) is 3.16. The van der Waals surface area contributed by atoms with Crippen molar-refractivity contribution in [3.8, 4) is 0 Å². The number of pyridine rings is 1. The molecule has 0 saturated carbocycles. The van der Waals surface area contributed by atoms with E-state index in [1.165, 1.54) is 7.11 Å². The lowest BCUT2D eigenvalue weighted by atomic mass is 10.0. The lowest BCUT2D eigenvalue weighted by molar-refractivity contribution is -0.140. The van der Waals surface area contributed by atoms with E-state index in [4.69, 9.17) is 4.98 Å². The van der Waals surface area contributed by atoms with Crippen LogP contribution < -0.4 is 0 Å². The van der Waals surface area contributed by atoms with E-state index < -0.39 is 0 Å². The molecule has 142 valence electrons. The van der Waals surface area contributed by atoms with Gasteiger partial charge in [0.15, 0.2) is 5.65 Å². The fraction of sp³-hybridized carbons (Fsp3) is 0.579. The Kier molecular flexibility index (Phi) is 6.34. The first-order chi connectivity index (χ1) is 12.3. The van der Waals surface area contributed by atoms with Gasteiger partial charge in [0.25, 0.3) is 5.91 Å². The van der Waals surface area contributed by atoms with E-state index in [1.54, 1.807) is 18.1 Å². The van der Waals surface area contributed by atoms with E-state index in [-0.39, 0.29) is 23.8 Å². The maximum Gasteiger partial charge on any atom is 0.305 e. The third-order valence-electron chi connectivity index (χ3n) is 4.35. The van der Waals surface area contributed by atoms with Gasteiger partial charge in [-0.2, -0.15) is 5.10 Å². The van der Waals surface area contributed by atoms with Crippen molar-refractivity contribution in [3.63, 3.8) is 0 Å². The van der Waals surface area contributed by atoms with Crippen LogP contribution in [0.15, 0.2) is 12.3 Å². The number of hydrogen-bond acceptors (Lipinski definition) is 5. The fourth-order valence-electron chi connectivity index (χ4n) is 2.76. The predicted molar refractivity (Wildman–Crippen MR) is 100 cm³/mol. The molecule has 2 rings (SSSR count). The molecule has 0 aliphatic heterocycles. The zero-order valence-electron chi connectivity index (χ0n) is 16.4. The summed E-state index contributed by atoms with van der Waals surface area (Å²) in [6, 6.07) is 2.02. The number of fused-ring (bicyclic) bond motifs is 1. The number of carbonyl (C=O) groups is 2. The third-order valence-corrected chi connectivity index (χ3v) is 4.35. The molecule has 2 aromatic rings. The summed E-state index contributed by atoms with van der Waals surface area (Å²) in [6.45, 7) is 8.66. The van der Waals surface area contributed by atoms with Gasteiger partial charge < -0.3 is 9.64 Å². The van der Waals surface area contributed by atoms with Crippen molar-refractivity contribution in [3.05, 3.63) is 23.5 Å². The fourth-order valence-corrected chi connectivity index (χ4v) is 2.76. The average Bonchev–Trinajstić information content (AvgIpc) is 3.03. The van der Waals surface area contributed by atoms with E-state index in [0.717, 1.165) is 16.7 Å². The Morgan fingerprint density at radius 3 is 2.54 bits per heavy atom. The number of aromatic nitrogens is 3. The number of rotatable bonds is 7. The molecule has 0 atom stereocenters. The van der Waals surface area contributed by atoms with Crippen molar-refractivity contribution >= 4 is 22.9 Å². The molecule has 0 radical (unpaired) electrons. The molecule has 0 unspecified atom stereocenters. The molecule has 0 spiro atoms. The molecule has 0 N–H and O–H groups in total. The van der Waals surface area contributed by atoms with Crippen LogP contribution in [0.2, 0.25) is 0 Å². The molecule has 0 aliphatic rings. The van der Waals surface area contributed by atoms with Gasteiger partial charge in [-0.05, 0) is 32.3 Å². The van der Waals surface area contributed by atoms with Crippen LogP contribution in [-0.4, -0.2) is 52.2 Å². The highest BCUT2D eigenvalue weighted by atomic mass is 16.5. The number of amides is 1. The largest absolute Gasteiger partial charge is 0.469 e. The van der Waals surface area contributed by atoms with E-state index in [2.05, 4.69) is 23.7 Å². The highest BCUT2D eigenvalue weighted by Gasteiger charge is 2.21. The maximum atomic E-state index is 13.0. The van der Waals surface area contributed by atoms with Crippen LogP contribution in [0, 0.1) is 0 Å². The van der Waals surface area contributed by atoms with Gasteiger partial charge in [-0.3, -0.25) is 9.59 Å². The second-order valence-electron chi connectivity index (χ2n) is 7.08. The van der Waals surface area contributed by atoms with Crippen LogP contribution >= 0.6 is 0 Å². The van der Waals surface area contributed by atoms with Crippen molar-refractivity contribution in [2.45, 2.75) is 52.5 Å². The topological polar surface area (TPSA) is 77.3 Å². The molecule has 7 nitrogen and oxygen atoms in total. The van der Waals surface area contributed by atoms with Gasteiger partial charge >= 0.3 is 5.97 Å². The van der Waals surface area contributed by atoms with Crippen molar-refractivity contribution in [2.24, 2.45) is 0 Å². The quantitative estimate of drug-likeness (QED) is 0.709. The van der Waals surface area contributed by atoms with Crippen molar-refractivity contribution in [1.29, 1.82) is 0 Å². The molecule has 0 aromatic carbocycles. The molecule has 0 bridgehead atoms. The Labute approximate surface area is 154 Å². The lowest BCUT2D eigenvalue weighted by Crippen LogP contribution is -2.28. The Hall–Kier alpha value is -2.44. The average molecular weight is 360 g/mol. The van der Waals surface area contributed by atoms with Crippen LogP contribution in [0.3, 0.4) is 0 Å². The van der Waals surface area contributed by atoms with Gasteiger partial charge in [0, 0.05) is 31.7 Å². The molecule has 2 aromatic heterocycles. The number of ether oxygens (including phenoxy) is 1. The summed E-state index contributed by atoms with van der Waals surface area (Å²) in [5, 5.41) is 5.17. The van der Waals surface area contributed by atoms with Crippen LogP contribution in [0.4, 0.5) is 0 Å². The van der Waals surface area contributed by atoms with Crippen molar-refractivity contribution in [2.75, 3.05) is 20.7 Å². The summed E-state index contributed by atoms with van der Waals surface area (Å²) >= 11 is 0. The molecule has 0 aliphatic carbocycles. The van der Waals surface area contributed by atoms with Gasteiger partial charge in [0.05, 0.1) is 24.3 Å². The zero-order valence-corrected chi connectivity index (χ0v) is 16.4. The smallest absolute Gasteiger partial charge is 0.305 e. The van der Waals surface area contributed by atoms with Gasteiger partial charge in [0.2, 0.25) is 0 Å². The molecular formula is C19H28N4O3. The van der Waals surface area contributed by atoms with Crippen LogP contribution in [0.5, 0.6) is 0 Å². The molecule has 26 heavy (non-hydrogen) atoms. The van der Waals surface area contributed by atoms with Gasteiger partial charge in [-0.1, -0.05) is 13.8 Å². The SMILES string of the molecule is COC(=O)CCCN(C)C(=O)c1cc(C(C)C)nc2c1cnn2C(C)C. The van der Waals surface area contributed by atoms with E-state index in [0.29, 0.717) is 24.9 Å². The molecule has 0 fully saturated rings. The highest BCUT2D eigenvalue weighted by Crippen LogP contribution is 2.25. The first-order valence-electron chi connectivity index (χ1n) is 8.96. The Balaban J connectivity index is 2.34. The van der Waals surface area contributed by atoms with Crippen molar-refractivity contribution < 1.29 is 14.3 Å². The summed E-state index contributed by atoms with van der Waals surface area (Å²) in [6.07, 6.45) is 2.57. The first kappa shape index (κ1) is 19.9. The Morgan fingerprint density at radius 1 is 1.27 bits per heavy atom. The minimum atomic E-state index is -0.266. The molecular weight excluding hydrogens is 332 g/mol. The number of hydrogen-bond donors (Lipinski definition) is 0. The first-order valence-corrected chi connectivity index (χ1v) is 8.96. The van der Waals surface area contributed by atoms with Crippen LogP contribution in [0.25, 0.3) is 11.0 Å². The van der Waals surface area contributed by atoms with Gasteiger partial charge in [-0.25, -0.2) is 9.67 Å². The van der Waals surface area contributed by atoms with E-state index in [9.17, 15) is 9.59 Å². The second-order valence-corrected chi connectivity index (χ2v) is 7.08. The molecule has 2 heterocycles. The Bertz CT molecular complexity index is 795. The normalized spacial score (nSPS) is 11.4. The van der Waals surface area contributed by atoms with E-state index >= 15 is 0 Å². The Morgan fingerprint density at radius 2 is 1.96 bits per heavy atom. The molecule has 1 amide bonds. The third kappa shape index (κ3) is 4.20. The minimum Gasteiger partial charge on any atom is -0.469 e. The van der Waals surface area contributed by atoms with Crippen molar-refractivity contribution in [1.82, 2.24) is 19.7 Å². The standard InChI is InChI=1S/C19H28N4O3/c1-12(2)16-10-14(15-11-20-23(13(3)4)18(15)21-16)19(25)22(5)9-7-8-17(24)26-6/h10-13H,7-9H2,1-6H3. The summed E-state index contributed by atoms with van der Waals surface area (Å²) in [4.78, 5) is 30.6. The van der Waals surface area contributed by atoms with Crippen LogP contribution in [0.1, 0.15) is 68.5 Å². The number of esters is 1. The number of carbonyl (C=O) groups excluding carboxylic acids is 2. The summed E-state index contributed by atoms with van der Waals surface area (Å²) in [5.41, 5.74) is 2.20. The summed E-state index contributed by atoms with van der Waals surface area (Å²) < 4.78 is 6.48. The van der Waals surface area contributed by atoms with E-state index in [1.807, 2.05) is 24.6 Å². The zero-order chi connectivity index (χ0) is 19.4. The molecule has 7 heteroatoms. The highest BCUT2D eigenvalue weighted by molar-refractivity contribution is 6.05. The summed E-state index contributed by atoms with van der Waals surface area (Å²) in [7, 11) is 3.11. The number of nitrogens with zero attached hydrogens (tertiary/aromatic N) is 4. The second kappa shape index (κ2) is 8.29. The minimum absolute atomic E-state index is 0.0903. The van der Waals surface area contributed by atoms with Gasteiger partial charge in [0.1, 0.15) is 0 Å². The molecule has 0 saturated heterocycles. The summed E-state index contributed by atoms with van der Waals surface area (Å²) in [5.74, 6) is -0.156. The monoisotopic (exact) mass is 360 g/mol. The number of methoxy groups -OCH3 is 1.